The van der Waals surface area contributed by atoms with Gasteiger partial charge in [0.1, 0.15) is 22.2 Å². The molecule has 0 saturated carbocycles. The number of piperidine rings is 2. The van der Waals surface area contributed by atoms with Gasteiger partial charge < -0.3 is 24.4 Å². The zero-order chi connectivity index (χ0) is 40.9. The number of benzene rings is 1. The van der Waals surface area contributed by atoms with Gasteiger partial charge in [-0.1, -0.05) is 13.3 Å². The van der Waals surface area contributed by atoms with Crippen molar-refractivity contribution in [2.24, 2.45) is 4.99 Å². The molecule has 2 aliphatic rings. The lowest BCUT2D eigenvalue weighted by Gasteiger charge is -2.51. The largest absolute Gasteiger partial charge is 0.493 e. The molecule has 2 atom stereocenters. The third-order valence-corrected chi connectivity index (χ3v) is 11.1. The van der Waals surface area contributed by atoms with Crippen LogP contribution in [0, 0.1) is 5.82 Å². The Kier molecular flexibility index (Phi) is 13.0. The molecule has 0 aliphatic carbocycles. The monoisotopic (exact) mass is 814 g/mol. The van der Waals surface area contributed by atoms with Gasteiger partial charge in [0.15, 0.2) is 0 Å². The van der Waals surface area contributed by atoms with E-state index in [0.29, 0.717) is 35.1 Å². The number of aromatic nitrogens is 1. The minimum Gasteiger partial charge on any atom is -0.493 e. The first kappa shape index (κ1) is 42.4. The molecule has 1 N–H and O–H groups in total. The number of rotatable bonds is 13. The van der Waals surface area contributed by atoms with Crippen molar-refractivity contribution in [1.29, 1.82) is 0 Å². The Bertz CT molecular complexity index is 1910. The summed E-state index contributed by atoms with van der Waals surface area (Å²) in [5.41, 5.74) is -4.52. The Hall–Kier alpha value is -4.74. The molecule has 0 unspecified atom stereocenters. The second kappa shape index (κ2) is 17.2. The molecule has 2 amide bonds. The van der Waals surface area contributed by atoms with Gasteiger partial charge in [-0.3, -0.25) is 24.4 Å². The standard InChI is InChI=1S/C38H41F7N4O6S/c1-3-6-30-36(55-25-20-31(56-22-25)38(43,44)45,11-5-15-49(30)33(52)26-21-47-14-10-27(26)37(40,41)42)34(53)48-16-12-35(13-17-48,23-46-2)28-19-24(39)8-9-29(28)54-18-4-7-32(50)51/h8-10,14,19-23,30H,3-7,11-13,15-18H2,1-2H3,(H,50,51)/b46-23-/t30-,36+/m1/s1. The highest BCUT2D eigenvalue weighted by atomic mass is 32.1. The number of ether oxygens (including phenoxy) is 2. The van der Waals surface area contributed by atoms with E-state index in [0.717, 1.165) is 28.7 Å². The van der Waals surface area contributed by atoms with Gasteiger partial charge in [0.2, 0.25) is 5.60 Å². The number of hydrogen-bond donors (Lipinski definition) is 1. The van der Waals surface area contributed by atoms with Crippen LogP contribution in [0.4, 0.5) is 30.7 Å². The van der Waals surface area contributed by atoms with E-state index in [1.807, 2.05) is 0 Å². The number of carbonyl (C=O) groups excluding carboxylic acids is 2. The summed E-state index contributed by atoms with van der Waals surface area (Å²) in [6.45, 7) is 1.73. The molecule has 304 valence electrons. The number of likely N-dealkylation sites (tertiary alicyclic amines) is 2. The van der Waals surface area contributed by atoms with Crippen molar-refractivity contribution in [3.8, 4) is 11.5 Å². The first-order valence-corrected chi connectivity index (χ1v) is 18.9. The number of carboxylic acids is 1. The average Bonchev–Trinajstić information content (AvgIpc) is 3.63. The van der Waals surface area contributed by atoms with Crippen LogP contribution in [0.25, 0.3) is 0 Å². The number of nitrogens with zero attached hydrogens (tertiary/aromatic N) is 4. The number of carbonyl (C=O) groups is 3. The number of aliphatic imine (C=N–C) groups is 1. The number of pyridine rings is 1. The highest BCUT2D eigenvalue weighted by molar-refractivity contribution is 7.10. The Morgan fingerprint density at radius 1 is 1.05 bits per heavy atom. The topological polar surface area (TPSA) is 122 Å². The second-order valence-corrected chi connectivity index (χ2v) is 14.7. The SMILES string of the molecule is CCC[C@H]1N(C(=O)c2cnccc2C(F)(F)F)CCC[C@@]1(Oc1csc(C(F)(F)F)c1)C(=O)N1CCC(/C=N\C)(c2cc(F)ccc2OCCCC(=O)O)CC1. The molecule has 0 spiro atoms. The first-order chi connectivity index (χ1) is 26.5. The Morgan fingerprint density at radius 3 is 2.41 bits per heavy atom. The number of alkyl halides is 6. The zero-order valence-corrected chi connectivity index (χ0v) is 31.4. The van der Waals surface area contributed by atoms with Gasteiger partial charge in [-0.2, -0.15) is 26.3 Å². The summed E-state index contributed by atoms with van der Waals surface area (Å²) in [5.74, 6) is -3.27. The van der Waals surface area contributed by atoms with Crippen LogP contribution >= 0.6 is 11.3 Å². The fourth-order valence-electron chi connectivity index (χ4n) is 7.62. The third-order valence-electron chi connectivity index (χ3n) is 10.1. The number of thiophene rings is 1. The normalized spacial score (nSPS) is 20.3. The van der Waals surface area contributed by atoms with Gasteiger partial charge in [-0.05, 0) is 56.4 Å². The number of halogens is 7. The highest BCUT2D eigenvalue weighted by Gasteiger charge is 2.56. The van der Waals surface area contributed by atoms with E-state index < -0.39 is 69.0 Å². The lowest BCUT2D eigenvalue weighted by Crippen LogP contribution is -2.68. The van der Waals surface area contributed by atoms with Crippen molar-refractivity contribution in [3.05, 3.63) is 75.5 Å². The lowest BCUT2D eigenvalue weighted by atomic mass is 9.72. The van der Waals surface area contributed by atoms with Crippen LogP contribution in [0.3, 0.4) is 0 Å². The zero-order valence-electron chi connectivity index (χ0n) is 30.6. The van der Waals surface area contributed by atoms with E-state index in [9.17, 15) is 40.3 Å². The van der Waals surface area contributed by atoms with Crippen LogP contribution in [-0.4, -0.2) is 88.8 Å². The van der Waals surface area contributed by atoms with Crippen molar-refractivity contribution >= 4 is 35.3 Å². The maximum atomic E-state index is 15.0. The van der Waals surface area contributed by atoms with Crippen molar-refractivity contribution in [1.82, 2.24) is 14.8 Å². The van der Waals surface area contributed by atoms with E-state index >= 15 is 4.79 Å². The summed E-state index contributed by atoms with van der Waals surface area (Å²) < 4.78 is 110. The maximum Gasteiger partial charge on any atom is 0.425 e. The summed E-state index contributed by atoms with van der Waals surface area (Å²) in [6, 6.07) is 4.16. The number of amides is 2. The average molecular weight is 815 g/mol. The summed E-state index contributed by atoms with van der Waals surface area (Å²) in [6.07, 6.45) is -5.52. The van der Waals surface area contributed by atoms with Gasteiger partial charge in [0, 0.05) is 80.6 Å². The third kappa shape index (κ3) is 9.10. The Labute approximate surface area is 322 Å². The number of aliphatic carboxylic acids is 1. The van der Waals surface area contributed by atoms with Gasteiger partial charge in [-0.15, -0.1) is 11.3 Å². The molecular weight excluding hydrogens is 773 g/mol. The smallest absolute Gasteiger partial charge is 0.425 e. The van der Waals surface area contributed by atoms with E-state index in [2.05, 4.69) is 9.98 Å². The molecule has 1 aromatic carbocycles. The van der Waals surface area contributed by atoms with Gasteiger partial charge in [-0.25, -0.2) is 4.39 Å². The van der Waals surface area contributed by atoms with E-state index in [1.54, 1.807) is 13.1 Å². The predicted octanol–water partition coefficient (Wildman–Crippen LogP) is 8.05. The lowest BCUT2D eigenvalue weighted by molar-refractivity contribution is -0.160. The quantitative estimate of drug-likeness (QED) is 0.105. The highest BCUT2D eigenvalue weighted by Crippen LogP contribution is 2.45. The number of hydrogen-bond acceptors (Lipinski definition) is 8. The van der Waals surface area contributed by atoms with Crippen LogP contribution in [0.15, 0.2) is 53.1 Å². The minimum absolute atomic E-state index is 0.00991. The second-order valence-electron chi connectivity index (χ2n) is 13.8. The summed E-state index contributed by atoms with van der Waals surface area (Å²) in [5, 5.41) is 10.1. The van der Waals surface area contributed by atoms with Gasteiger partial charge in [0.25, 0.3) is 11.8 Å². The van der Waals surface area contributed by atoms with Crippen molar-refractivity contribution in [2.45, 2.75) is 87.7 Å². The van der Waals surface area contributed by atoms with Crippen molar-refractivity contribution < 1.29 is 59.7 Å². The molecule has 56 heavy (non-hydrogen) atoms. The molecule has 2 aromatic heterocycles. The van der Waals surface area contributed by atoms with E-state index in [1.165, 1.54) is 30.1 Å². The van der Waals surface area contributed by atoms with Crippen molar-refractivity contribution in [3.63, 3.8) is 0 Å². The van der Waals surface area contributed by atoms with Crippen LogP contribution in [0.2, 0.25) is 0 Å². The molecule has 2 aliphatic heterocycles. The molecule has 10 nitrogen and oxygen atoms in total. The van der Waals surface area contributed by atoms with Gasteiger partial charge in [0.05, 0.1) is 23.8 Å². The van der Waals surface area contributed by atoms with Crippen molar-refractivity contribution in [2.75, 3.05) is 33.3 Å². The summed E-state index contributed by atoms with van der Waals surface area (Å²) in [4.78, 5) is 49.8. The predicted molar refractivity (Wildman–Crippen MR) is 192 cm³/mol. The Balaban J connectivity index is 1.53. The molecule has 2 fully saturated rings. The molecule has 18 heteroatoms. The minimum atomic E-state index is -4.91. The molecule has 4 heterocycles. The summed E-state index contributed by atoms with van der Waals surface area (Å²) >= 11 is 0.353. The maximum absolute atomic E-state index is 15.0. The first-order valence-electron chi connectivity index (χ1n) is 18.0. The van der Waals surface area contributed by atoms with Crippen LogP contribution in [0.1, 0.15) is 84.7 Å². The van der Waals surface area contributed by atoms with Gasteiger partial charge >= 0.3 is 18.3 Å². The molecule has 2 saturated heterocycles. The summed E-state index contributed by atoms with van der Waals surface area (Å²) in [7, 11) is 1.53. The molecule has 0 radical (unpaired) electrons. The molecule has 3 aromatic rings. The van der Waals surface area contributed by atoms with Crippen LogP contribution < -0.4 is 9.47 Å². The molecular formula is C38H41F7N4O6S. The fraction of sp³-hybridized carbons (Fsp3) is 0.500. The Morgan fingerprint density at radius 2 is 1.79 bits per heavy atom. The van der Waals surface area contributed by atoms with Crippen LogP contribution in [-0.2, 0) is 27.4 Å². The number of carboxylic acid groups (broad SMARTS) is 1. The van der Waals surface area contributed by atoms with Crippen LogP contribution in [0.5, 0.6) is 11.5 Å². The fourth-order valence-corrected chi connectivity index (χ4v) is 8.29. The molecule has 5 rings (SSSR count). The van der Waals surface area contributed by atoms with E-state index in [-0.39, 0.29) is 76.9 Å². The molecule has 0 bridgehead atoms. The van der Waals surface area contributed by atoms with E-state index in [4.69, 9.17) is 14.6 Å².